The van der Waals surface area contributed by atoms with E-state index in [-0.39, 0.29) is 29.6 Å². The highest BCUT2D eigenvalue weighted by atomic mass is 32.2. The summed E-state index contributed by atoms with van der Waals surface area (Å²) < 4.78 is 32.8. The molecule has 0 spiro atoms. The molecule has 0 radical (unpaired) electrons. The smallest absolute Gasteiger partial charge is 0.338 e. The normalized spacial score (nSPS) is 23.7. The summed E-state index contributed by atoms with van der Waals surface area (Å²) in [5.41, 5.74) is 3.45. The highest BCUT2D eigenvalue weighted by molar-refractivity contribution is 7.89. The second-order valence-corrected chi connectivity index (χ2v) is 10.5. The summed E-state index contributed by atoms with van der Waals surface area (Å²) in [5, 5.41) is 19.8. The molecule has 2 aromatic carbocycles. The highest BCUT2D eigenvalue weighted by Gasteiger charge is 2.48. The maximum Gasteiger partial charge on any atom is 0.338 e. The van der Waals surface area contributed by atoms with Gasteiger partial charge in [0.15, 0.2) is 0 Å². The molecule has 3 aliphatic heterocycles. The molecule has 5 rings (SSSR count). The Hall–Kier alpha value is -2.77. The van der Waals surface area contributed by atoms with Crippen LogP contribution >= 0.6 is 0 Å². The average Bonchev–Trinajstić information content (AvgIpc) is 3.49. The molecule has 3 aliphatic rings. The SMILES string of the molecule is Cc1c(C(O)CN2C[C@@H]3C[C@H]2CN3S(=O)(=O)c2ccc(C#N)cc2)ccc2c1COC2=O. The van der Waals surface area contributed by atoms with E-state index in [1.165, 1.54) is 24.3 Å². The summed E-state index contributed by atoms with van der Waals surface area (Å²) in [5.74, 6) is -0.329. The Morgan fingerprint density at radius 1 is 1.19 bits per heavy atom. The zero-order valence-corrected chi connectivity index (χ0v) is 18.4. The van der Waals surface area contributed by atoms with E-state index in [0.717, 1.165) is 23.1 Å². The number of hydrogen-bond acceptors (Lipinski definition) is 7. The van der Waals surface area contributed by atoms with Crippen molar-refractivity contribution in [1.29, 1.82) is 5.26 Å². The third-order valence-corrected chi connectivity index (χ3v) is 8.80. The first-order valence-electron chi connectivity index (χ1n) is 10.5. The minimum atomic E-state index is -3.63. The lowest BCUT2D eigenvalue weighted by Crippen LogP contribution is -2.49. The number of carbonyl (C=O) groups excluding carboxylic acids is 1. The van der Waals surface area contributed by atoms with Crippen LogP contribution in [0.5, 0.6) is 0 Å². The fraction of sp³-hybridized carbons (Fsp3) is 0.391. The predicted octanol–water partition coefficient (Wildman–Crippen LogP) is 1.72. The first kappa shape index (κ1) is 21.1. The van der Waals surface area contributed by atoms with Gasteiger partial charge in [0.25, 0.3) is 0 Å². The second kappa shape index (κ2) is 7.67. The maximum atomic E-state index is 13.1. The first-order valence-corrected chi connectivity index (χ1v) is 12.0. The number of benzene rings is 2. The van der Waals surface area contributed by atoms with Crippen LogP contribution in [-0.4, -0.2) is 60.4 Å². The van der Waals surface area contributed by atoms with Crippen LogP contribution in [-0.2, 0) is 21.4 Å². The molecular weight excluding hydrogens is 430 g/mol. The van der Waals surface area contributed by atoms with Crippen molar-refractivity contribution < 1.29 is 23.1 Å². The second-order valence-electron chi connectivity index (χ2n) is 8.61. The Morgan fingerprint density at radius 3 is 2.59 bits per heavy atom. The highest BCUT2D eigenvalue weighted by Crippen LogP contribution is 2.37. The molecule has 2 fully saturated rings. The minimum Gasteiger partial charge on any atom is -0.457 e. The lowest BCUT2D eigenvalue weighted by molar-refractivity contribution is 0.0535. The van der Waals surface area contributed by atoms with Gasteiger partial charge < -0.3 is 9.84 Å². The van der Waals surface area contributed by atoms with E-state index in [1.54, 1.807) is 16.4 Å². The van der Waals surface area contributed by atoms with Crippen LogP contribution in [0.2, 0.25) is 0 Å². The molecule has 9 heteroatoms. The molecule has 3 atom stereocenters. The van der Waals surface area contributed by atoms with Crippen LogP contribution in [0.1, 0.15) is 45.1 Å². The molecule has 0 aromatic heterocycles. The molecule has 32 heavy (non-hydrogen) atoms. The molecule has 1 unspecified atom stereocenters. The number of piperazine rings is 1. The molecule has 0 amide bonds. The summed E-state index contributed by atoms with van der Waals surface area (Å²) in [4.78, 5) is 14.1. The van der Waals surface area contributed by atoms with Gasteiger partial charge in [-0.1, -0.05) is 6.07 Å². The van der Waals surface area contributed by atoms with E-state index in [4.69, 9.17) is 10.00 Å². The summed E-state index contributed by atoms with van der Waals surface area (Å²) in [6, 6.07) is 11.4. The van der Waals surface area contributed by atoms with Crippen molar-refractivity contribution in [3.8, 4) is 6.07 Å². The fourth-order valence-corrected chi connectivity index (χ4v) is 6.78. The zero-order chi connectivity index (χ0) is 22.6. The molecule has 2 aromatic rings. The average molecular weight is 454 g/mol. The third kappa shape index (κ3) is 3.31. The Labute approximate surface area is 186 Å². The number of fused-ring (bicyclic) bond motifs is 3. The Kier molecular flexibility index (Phi) is 5.06. The number of esters is 1. The van der Waals surface area contributed by atoms with Gasteiger partial charge in [0.1, 0.15) is 6.61 Å². The number of cyclic esters (lactones) is 1. The summed E-state index contributed by atoms with van der Waals surface area (Å²) >= 11 is 0. The molecule has 3 heterocycles. The van der Waals surface area contributed by atoms with Crippen LogP contribution in [0, 0.1) is 18.3 Å². The first-order chi connectivity index (χ1) is 15.3. The molecular formula is C23H23N3O5S. The van der Waals surface area contributed by atoms with Crippen LogP contribution in [0.15, 0.2) is 41.3 Å². The molecule has 2 saturated heterocycles. The van der Waals surface area contributed by atoms with E-state index in [2.05, 4.69) is 4.90 Å². The molecule has 0 aliphatic carbocycles. The number of sulfonamides is 1. The van der Waals surface area contributed by atoms with Gasteiger partial charge in [-0.3, -0.25) is 4.90 Å². The number of nitriles is 1. The van der Waals surface area contributed by atoms with Gasteiger partial charge in [0, 0.05) is 37.3 Å². The molecule has 0 saturated carbocycles. The molecule has 8 nitrogen and oxygen atoms in total. The molecule has 1 N–H and O–H groups in total. The van der Waals surface area contributed by atoms with Gasteiger partial charge in [0.05, 0.1) is 28.2 Å². The van der Waals surface area contributed by atoms with Gasteiger partial charge in [-0.2, -0.15) is 9.57 Å². The lowest BCUT2D eigenvalue weighted by Gasteiger charge is -2.34. The largest absolute Gasteiger partial charge is 0.457 e. The Balaban J connectivity index is 1.28. The Bertz CT molecular complexity index is 1240. The Morgan fingerprint density at radius 2 is 1.94 bits per heavy atom. The number of aliphatic hydroxyl groups is 1. The van der Waals surface area contributed by atoms with Crippen LogP contribution in [0.3, 0.4) is 0 Å². The maximum absolute atomic E-state index is 13.1. The van der Waals surface area contributed by atoms with E-state index in [9.17, 15) is 18.3 Å². The summed E-state index contributed by atoms with van der Waals surface area (Å²) in [6.07, 6.45) is -0.00720. The van der Waals surface area contributed by atoms with E-state index in [1.807, 2.05) is 13.0 Å². The van der Waals surface area contributed by atoms with Crippen LogP contribution < -0.4 is 0 Å². The van der Waals surface area contributed by atoms with Crippen molar-refractivity contribution in [2.45, 2.75) is 43.0 Å². The number of carbonyl (C=O) groups is 1. The van der Waals surface area contributed by atoms with Gasteiger partial charge >= 0.3 is 5.97 Å². The number of β-amino-alcohol motifs (C(OH)–C–C–N with tert-alkyl or cyclic N) is 1. The third-order valence-electron chi connectivity index (χ3n) is 6.87. The van der Waals surface area contributed by atoms with E-state index >= 15 is 0 Å². The van der Waals surface area contributed by atoms with Gasteiger partial charge in [-0.05, 0) is 54.8 Å². The number of likely N-dealkylation sites (tertiary alicyclic amines) is 1. The monoisotopic (exact) mass is 453 g/mol. The summed E-state index contributed by atoms with van der Waals surface area (Å²) in [6.45, 7) is 3.47. The number of rotatable bonds is 5. The molecule has 166 valence electrons. The number of aliphatic hydroxyl groups excluding tert-OH is 1. The zero-order valence-electron chi connectivity index (χ0n) is 17.6. The van der Waals surface area contributed by atoms with Crippen molar-refractivity contribution in [3.05, 3.63) is 64.2 Å². The summed E-state index contributed by atoms with van der Waals surface area (Å²) in [7, 11) is -3.63. The van der Waals surface area contributed by atoms with Crippen molar-refractivity contribution >= 4 is 16.0 Å². The number of hydrogen-bond donors (Lipinski definition) is 1. The molecule has 2 bridgehead atoms. The fourth-order valence-electron chi connectivity index (χ4n) is 5.12. The topological polar surface area (TPSA) is 111 Å². The number of ether oxygens (including phenoxy) is 1. The lowest BCUT2D eigenvalue weighted by atomic mass is 9.95. The van der Waals surface area contributed by atoms with E-state index in [0.29, 0.717) is 30.8 Å². The predicted molar refractivity (Wildman–Crippen MR) is 114 cm³/mol. The minimum absolute atomic E-state index is 0.0439. The van der Waals surface area contributed by atoms with E-state index < -0.39 is 16.1 Å². The van der Waals surface area contributed by atoms with Gasteiger partial charge in [-0.15, -0.1) is 0 Å². The van der Waals surface area contributed by atoms with Crippen LogP contribution in [0.4, 0.5) is 0 Å². The van der Waals surface area contributed by atoms with Crippen molar-refractivity contribution in [1.82, 2.24) is 9.21 Å². The van der Waals surface area contributed by atoms with Crippen molar-refractivity contribution in [2.24, 2.45) is 0 Å². The van der Waals surface area contributed by atoms with Gasteiger partial charge in [0.2, 0.25) is 10.0 Å². The standard InChI is InChI=1S/C23H23N3O5S/c1-14-19(6-7-20-21(14)13-31-23(20)28)22(27)12-25-10-17-8-16(25)11-26(17)32(29,30)18-4-2-15(9-24)3-5-18/h2-7,16-17,22,27H,8,10-13H2,1H3/t16-,17-,22?/m0/s1. The van der Waals surface area contributed by atoms with Crippen molar-refractivity contribution in [2.75, 3.05) is 19.6 Å². The van der Waals surface area contributed by atoms with Crippen LogP contribution in [0.25, 0.3) is 0 Å². The van der Waals surface area contributed by atoms with Gasteiger partial charge in [-0.25, -0.2) is 13.2 Å². The quantitative estimate of drug-likeness (QED) is 0.686. The van der Waals surface area contributed by atoms with Crippen molar-refractivity contribution in [3.63, 3.8) is 0 Å². The number of nitrogens with zero attached hydrogens (tertiary/aromatic N) is 3.